The van der Waals surface area contributed by atoms with Gasteiger partial charge in [0, 0.05) is 16.8 Å². The van der Waals surface area contributed by atoms with Crippen LogP contribution in [0.3, 0.4) is 0 Å². The second-order valence-electron chi connectivity index (χ2n) is 13.3. The van der Waals surface area contributed by atoms with Crippen molar-refractivity contribution in [1.29, 1.82) is 0 Å². The molecule has 244 valence electrons. The van der Waals surface area contributed by atoms with E-state index in [1.807, 2.05) is 12.1 Å². The quantitative estimate of drug-likeness (QED) is 0.176. The van der Waals surface area contributed by atoms with Gasteiger partial charge in [-0.3, -0.25) is 0 Å². The maximum absolute atomic E-state index is 6.35. The van der Waals surface area contributed by atoms with Crippen LogP contribution in [0.1, 0.15) is 0 Å². The Morgan fingerprint density at radius 3 is 1.67 bits per heavy atom. The van der Waals surface area contributed by atoms with E-state index >= 15 is 0 Å². The number of nitrogens with zero attached hydrogens (tertiary/aromatic N) is 1. The first kappa shape index (κ1) is 30.0. The summed E-state index contributed by atoms with van der Waals surface area (Å²) >= 11 is 0. The highest BCUT2D eigenvalue weighted by molar-refractivity contribution is 6.13. The summed E-state index contributed by atoms with van der Waals surface area (Å²) in [5.74, 6) is 0. The van der Waals surface area contributed by atoms with Crippen molar-refractivity contribution in [1.82, 2.24) is 0 Å². The lowest BCUT2D eigenvalue weighted by Gasteiger charge is -2.26. The van der Waals surface area contributed by atoms with Crippen LogP contribution in [0.25, 0.3) is 76.9 Å². The average molecular weight is 664 g/mol. The molecule has 0 saturated heterocycles. The molecule has 9 aromatic carbocycles. The molecule has 0 saturated carbocycles. The van der Waals surface area contributed by atoms with Gasteiger partial charge in [0.15, 0.2) is 0 Å². The lowest BCUT2D eigenvalue weighted by Crippen LogP contribution is -2.10. The van der Waals surface area contributed by atoms with Crippen LogP contribution < -0.4 is 4.90 Å². The van der Waals surface area contributed by atoms with E-state index in [1.54, 1.807) is 0 Å². The molecule has 0 aliphatic heterocycles. The summed E-state index contributed by atoms with van der Waals surface area (Å²) in [4.78, 5) is 2.35. The molecule has 52 heavy (non-hydrogen) atoms. The predicted octanol–water partition coefficient (Wildman–Crippen LogP) is 14.4. The van der Waals surface area contributed by atoms with Crippen LogP contribution in [0.2, 0.25) is 0 Å². The molecular weight excluding hydrogens is 631 g/mol. The van der Waals surface area contributed by atoms with Gasteiger partial charge < -0.3 is 9.32 Å². The molecule has 0 radical (unpaired) electrons. The second-order valence-corrected chi connectivity index (χ2v) is 13.3. The van der Waals surface area contributed by atoms with Gasteiger partial charge in [-0.25, -0.2) is 0 Å². The van der Waals surface area contributed by atoms with Crippen LogP contribution >= 0.6 is 0 Å². The third kappa shape index (κ3) is 5.21. The monoisotopic (exact) mass is 663 g/mol. The maximum Gasteiger partial charge on any atom is 0.137 e. The summed E-state index contributed by atoms with van der Waals surface area (Å²) in [6, 6.07) is 71.7. The molecule has 10 rings (SSSR count). The van der Waals surface area contributed by atoms with E-state index in [1.165, 1.54) is 54.9 Å². The number of furan rings is 1. The molecule has 0 aliphatic carbocycles. The average Bonchev–Trinajstić information content (AvgIpc) is 3.61. The SMILES string of the molecule is c1ccc(-c2cccc3ccc(-c4ccc(N(c5ccc(-c6ccc7ccccc7c6)cc5)c5cccc6oc7ccccc7c56)cc4)cc23)cc1. The maximum atomic E-state index is 6.35. The highest BCUT2D eigenvalue weighted by Gasteiger charge is 2.19. The largest absolute Gasteiger partial charge is 0.456 e. The van der Waals surface area contributed by atoms with Crippen molar-refractivity contribution >= 4 is 60.5 Å². The molecule has 2 nitrogen and oxygen atoms in total. The molecule has 2 heteroatoms. The first-order valence-corrected chi connectivity index (χ1v) is 17.8. The zero-order valence-electron chi connectivity index (χ0n) is 28.4. The van der Waals surface area contributed by atoms with Gasteiger partial charge in [0.1, 0.15) is 11.2 Å². The van der Waals surface area contributed by atoms with Crippen LogP contribution in [-0.2, 0) is 0 Å². The highest BCUT2D eigenvalue weighted by atomic mass is 16.3. The summed E-state index contributed by atoms with van der Waals surface area (Å²) in [5.41, 5.74) is 12.2. The molecule has 0 fully saturated rings. The van der Waals surface area contributed by atoms with Gasteiger partial charge in [0.25, 0.3) is 0 Å². The number of hydrogen-bond donors (Lipinski definition) is 0. The molecule has 0 bridgehead atoms. The van der Waals surface area contributed by atoms with Crippen LogP contribution in [0.4, 0.5) is 17.1 Å². The molecular formula is C50H33NO. The lowest BCUT2D eigenvalue weighted by molar-refractivity contribution is 0.669. The molecule has 0 N–H and O–H groups in total. The molecule has 0 spiro atoms. The summed E-state index contributed by atoms with van der Waals surface area (Å²) < 4.78 is 6.35. The van der Waals surface area contributed by atoms with Gasteiger partial charge in [0.05, 0.1) is 11.1 Å². The zero-order chi connectivity index (χ0) is 34.4. The molecule has 10 aromatic rings. The third-order valence-electron chi connectivity index (χ3n) is 10.3. The van der Waals surface area contributed by atoms with Crippen LogP contribution in [-0.4, -0.2) is 0 Å². The number of para-hydroxylation sites is 1. The van der Waals surface area contributed by atoms with Gasteiger partial charge in [-0.15, -0.1) is 0 Å². The first-order valence-electron chi connectivity index (χ1n) is 17.8. The normalized spacial score (nSPS) is 11.5. The minimum Gasteiger partial charge on any atom is -0.456 e. The van der Waals surface area contributed by atoms with Crippen LogP contribution in [0.15, 0.2) is 205 Å². The van der Waals surface area contributed by atoms with Crippen molar-refractivity contribution in [3.63, 3.8) is 0 Å². The summed E-state index contributed by atoms with van der Waals surface area (Å²) in [6.07, 6.45) is 0. The van der Waals surface area contributed by atoms with E-state index in [0.29, 0.717) is 0 Å². The van der Waals surface area contributed by atoms with Crippen molar-refractivity contribution in [3.05, 3.63) is 200 Å². The van der Waals surface area contributed by atoms with E-state index < -0.39 is 0 Å². The van der Waals surface area contributed by atoms with Gasteiger partial charge >= 0.3 is 0 Å². The third-order valence-corrected chi connectivity index (χ3v) is 10.3. The fourth-order valence-corrected chi connectivity index (χ4v) is 7.67. The second kappa shape index (κ2) is 12.5. The zero-order valence-corrected chi connectivity index (χ0v) is 28.4. The van der Waals surface area contributed by atoms with E-state index in [-0.39, 0.29) is 0 Å². The van der Waals surface area contributed by atoms with Crippen molar-refractivity contribution in [2.45, 2.75) is 0 Å². The lowest BCUT2D eigenvalue weighted by atomic mass is 9.95. The van der Waals surface area contributed by atoms with Gasteiger partial charge in [-0.05, 0) is 110 Å². The van der Waals surface area contributed by atoms with Crippen LogP contribution in [0, 0.1) is 0 Å². The first-order chi connectivity index (χ1) is 25.8. The molecule has 1 aromatic heterocycles. The van der Waals surface area contributed by atoms with E-state index in [9.17, 15) is 0 Å². The van der Waals surface area contributed by atoms with Crippen molar-refractivity contribution in [2.75, 3.05) is 4.90 Å². The Hall–Kier alpha value is -6.90. The summed E-state index contributed by atoms with van der Waals surface area (Å²) in [5, 5.41) is 7.18. The smallest absolute Gasteiger partial charge is 0.137 e. The molecule has 0 amide bonds. The highest BCUT2D eigenvalue weighted by Crippen LogP contribution is 2.44. The van der Waals surface area contributed by atoms with E-state index in [0.717, 1.165) is 39.0 Å². The Morgan fingerprint density at radius 1 is 0.327 bits per heavy atom. The number of hydrogen-bond acceptors (Lipinski definition) is 2. The van der Waals surface area contributed by atoms with Gasteiger partial charge in [0.2, 0.25) is 0 Å². The van der Waals surface area contributed by atoms with E-state index in [2.05, 4.69) is 193 Å². The number of fused-ring (bicyclic) bond motifs is 5. The summed E-state index contributed by atoms with van der Waals surface area (Å²) in [7, 11) is 0. The Balaban J connectivity index is 1.08. The van der Waals surface area contributed by atoms with Gasteiger partial charge in [-0.1, -0.05) is 146 Å². The molecule has 1 heterocycles. The Bertz CT molecular complexity index is 2890. The predicted molar refractivity (Wildman–Crippen MR) is 220 cm³/mol. The Morgan fingerprint density at radius 2 is 0.904 bits per heavy atom. The molecule has 0 aliphatic rings. The Labute approximate surface area is 302 Å². The topological polar surface area (TPSA) is 16.4 Å². The van der Waals surface area contributed by atoms with Crippen molar-refractivity contribution in [2.24, 2.45) is 0 Å². The fraction of sp³-hybridized carbons (Fsp3) is 0. The van der Waals surface area contributed by atoms with Crippen molar-refractivity contribution in [3.8, 4) is 33.4 Å². The number of rotatable bonds is 6. The Kier molecular flexibility index (Phi) is 7.18. The minimum absolute atomic E-state index is 0.874. The van der Waals surface area contributed by atoms with Crippen molar-refractivity contribution < 1.29 is 4.42 Å². The van der Waals surface area contributed by atoms with Gasteiger partial charge in [-0.2, -0.15) is 0 Å². The minimum atomic E-state index is 0.874. The molecule has 0 atom stereocenters. The van der Waals surface area contributed by atoms with E-state index in [4.69, 9.17) is 4.42 Å². The fourth-order valence-electron chi connectivity index (χ4n) is 7.67. The van der Waals surface area contributed by atoms with Crippen LogP contribution in [0.5, 0.6) is 0 Å². The number of anilines is 3. The molecule has 0 unspecified atom stereocenters. The standard InChI is InChI=1S/C50H33NO/c1-2-11-37(12-3-1)44-16-8-14-38-21-23-41(33-46(38)44)36-26-30-43(31-27-36)51(47-17-9-19-49-50(47)45-15-6-7-18-48(45)52-49)42-28-24-35(25-29-42)40-22-20-34-10-4-5-13-39(34)32-40/h1-33H. The number of benzene rings is 9. The summed E-state index contributed by atoms with van der Waals surface area (Å²) in [6.45, 7) is 0.